The van der Waals surface area contributed by atoms with E-state index in [-0.39, 0.29) is 0 Å². The van der Waals surface area contributed by atoms with Crippen LogP contribution >= 0.6 is 11.6 Å². The van der Waals surface area contributed by atoms with Crippen molar-refractivity contribution < 1.29 is 0 Å². The normalized spacial score (nSPS) is 11.0. The zero-order valence-electron chi connectivity index (χ0n) is 15.5. The summed E-state index contributed by atoms with van der Waals surface area (Å²) in [5, 5.41) is 8.06. The van der Waals surface area contributed by atoms with Crippen molar-refractivity contribution in [1.82, 2.24) is 9.97 Å². The number of hydrogen-bond acceptors (Lipinski definition) is 3. The summed E-state index contributed by atoms with van der Waals surface area (Å²) in [6, 6.07) is 16.6. The summed E-state index contributed by atoms with van der Waals surface area (Å²) in [5.74, 6) is 0. The molecule has 2 heterocycles. The molecule has 0 amide bonds. The number of rotatable bonds is 4. The van der Waals surface area contributed by atoms with E-state index in [0.717, 1.165) is 44.8 Å². The zero-order chi connectivity index (χ0) is 19.0. The monoisotopic (exact) mass is 376 g/mol. The topological polar surface area (TPSA) is 52.7 Å². The molecule has 0 radical (unpaired) electrons. The van der Waals surface area contributed by atoms with Gasteiger partial charge in [-0.25, -0.2) is 4.98 Å². The van der Waals surface area contributed by atoms with Crippen molar-refractivity contribution in [2.45, 2.75) is 6.92 Å². The molecule has 0 bridgehead atoms. The first-order chi connectivity index (χ1) is 13.1. The molecular formula is C22H21ClN4. The molecule has 0 atom stereocenters. The Labute approximate surface area is 163 Å². The fourth-order valence-corrected chi connectivity index (χ4v) is 3.67. The van der Waals surface area contributed by atoms with Gasteiger partial charge < -0.3 is 15.6 Å². The van der Waals surface area contributed by atoms with Gasteiger partial charge >= 0.3 is 0 Å². The Morgan fingerprint density at radius 1 is 0.926 bits per heavy atom. The zero-order valence-corrected chi connectivity index (χ0v) is 16.3. The third kappa shape index (κ3) is 3.02. The van der Waals surface area contributed by atoms with Gasteiger partial charge in [0.15, 0.2) is 0 Å². The van der Waals surface area contributed by atoms with Crippen LogP contribution in [0, 0.1) is 6.92 Å². The molecule has 0 aliphatic heterocycles. The molecule has 0 aliphatic carbocycles. The molecule has 4 rings (SSSR count). The fourth-order valence-electron chi connectivity index (χ4n) is 3.43. The van der Waals surface area contributed by atoms with Gasteiger partial charge in [-0.15, -0.1) is 0 Å². The van der Waals surface area contributed by atoms with Crippen LogP contribution in [0.15, 0.2) is 54.7 Å². The van der Waals surface area contributed by atoms with E-state index in [2.05, 4.69) is 70.0 Å². The smallest absolute Gasteiger partial charge is 0.139 e. The third-order valence-corrected chi connectivity index (χ3v) is 5.22. The summed E-state index contributed by atoms with van der Waals surface area (Å²) in [5.41, 5.74) is 8.42. The minimum Gasteiger partial charge on any atom is -0.388 e. The molecular weight excluding hydrogens is 356 g/mol. The maximum Gasteiger partial charge on any atom is 0.139 e. The van der Waals surface area contributed by atoms with Crippen LogP contribution in [-0.2, 0) is 0 Å². The van der Waals surface area contributed by atoms with Crippen molar-refractivity contribution in [3.63, 3.8) is 0 Å². The molecule has 5 heteroatoms. The van der Waals surface area contributed by atoms with E-state index >= 15 is 0 Å². The van der Waals surface area contributed by atoms with Gasteiger partial charge in [0.1, 0.15) is 5.65 Å². The lowest BCUT2D eigenvalue weighted by Crippen LogP contribution is -1.93. The number of aromatic nitrogens is 2. The summed E-state index contributed by atoms with van der Waals surface area (Å²) in [6.07, 6.45) is 1.73. The first-order valence-electron chi connectivity index (χ1n) is 8.85. The van der Waals surface area contributed by atoms with Crippen LogP contribution in [-0.4, -0.2) is 24.1 Å². The number of anilines is 2. The molecule has 2 aromatic heterocycles. The first-order valence-corrected chi connectivity index (χ1v) is 9.23. The van der Waals surface area contributed by atoms with E-state index in [1.54, 1.807) is 6.20 Å². The van der Waals surface area contributed by atoms with Crippen molar-refractivity contribution in [1.29, 1.82) is 0 Å². The quantitative estimate of drug-likeness (QED) is 0.413. The minimum absolute atomic E-state index is 0.691. The molecule has 27 heavy (non-hydrogen) atoms. The molecule has 0 saturated carbocycles. The predicted octanol–water partition coefficient (Wildman–Crippen LogP) is 5.94. The third-order valence-electron chi connectivity index (χ3n) is 4.90. The lowest BCUT2D eigenvalue weighted by atomic mass is 9.97. The van der Waals surface area contributed by atoms with Gasteiger partial charge in [-0.1, -0.05) is 35.9 Å². The highest BCUT2D eigenvalue weighted by atomic mass is 35.5. The molecule has 0 aliphatic rings. The van der Waals surface area contributed by atoms with Crippen molar-refractivity contribution >= 4 is 34.0 Å². The number of nitrogens with zero attached hydrogens (tertiary/aromatic N) is 1. The molecule has 136 valence electrons. The minimum atomic E-state index is 0.691. The Kier molecular flexibility index (Phi) is 4.50. The number of hydrogen-bond donors (Lipinski definition) is 3. The van der Waals surface area contributed by atoms with Gasteiger partial charge in [0, 0.05) is 42.6 Å². The molecule has 4 aromatic rings. The number of fused-ring (bicyclic) bond motifs is 1. The molecule has 0 saturated heterocycles. The number of pyridine rings is 1. The largest absolute Gasteiger partial charge is 0.388 e. The van der Waals surface area contributed by atoms with E-state index in [1.807, 2.05) is 20.2 Å². The van der Waals surface area contributed by atoms with E-state index < -0.39 is 0 Å². The molecule has 3 N–H and O–H groups in total. The van der Waals surface area contributed by atoms with E-state index in [9.17, 15) is 0 Å². The lowest BCUT2D eigenvalue weighted by molar-refractivity contribution is 1.32. The van der Waals surface area contributed by atoms with Crippen molar-refractivity contribution in [2.24, 2.45) is 0 Å². The second kappa shape index (κ2) is 6.97. The highest BCUT2D eigenvalue weighted by Gasteiger charge is 2.18. The Morgan fingerprint density at radius 3 is 2.37 bits per heavy atom. The van der Waals surface area contributed by atoms with Gasteiger partial charge in [-0.2, -0.15) is 0 Å². The Bertz CT molecular complexity index is 1110. The highest BCUT2D eigenvalue weighted by molar-refractivity contribution is 6.36. The van der Waals surface area contributed by atoms with Gasteiger partial charge in [0.05, 0.1) is 10.7 Å². The van der Waals surface area contributed by atoms with Gasteiger partial charge in [-0.05, 0) is 47.9 Å². The standard InChI is InChI=1S/C22H21ClN4/c1-13-4-5-15(12-18(13)25-3)19-20-17(23)10-11-26-22(20)27-21(19)14-6-8-16(24-2)9-7-14/h4-12,24-25H,1-3H3,(H,26,27). The number of nitrogens with one attached hydrogen (secondary N) is 3. The summed E-state index contributed by atoms with van der Waals surface area (Å²) in [7, 11) is 3.85. The van der Waals surface area contributed by atoms with E-state index in [4.69, 9.17) is 11.6 Å². The van der Waals surface area contributed by atoms with Crippen molar-refractivity contribution in [2.75, 3.05) is 24.7 Å². The van der Waals surface area contributed by atoms with Crippen LogP contribution in [0.1, 0.15) is 5.56 Å². The van der Waals surface area contributed by atoms with Crippen LogP contribution in [0.5, 0.6) is 0 Å². The maximum atomic E-state index is 6.58. The molecule has 0 unspecified atom stereocenters. The van der Waals surface area contributed by atoms with Crippen LogP contribution in [0.4, 0.5) is 11.4 Å². The summed E-state index contributed by atoms with van der Waals surface area (Å²) >= 11 is 6.58. The Balaban J connectivity index is 2.02. The van der Waals surface area contributed by atoms with Crippen LogP contribution < -0.4 is 10.6 Å². The van der Waals surface area contributed by atoms with E-state index in [0.29, 0.717) is 5.02 Å². The van der Waals surface area contributed by atoms with Crippen molar-refractivity contribution in [3.05, 3.63) is 65.3 Å². The Hall–Kier alpha value is -2.98. The average Bonchev–Trinajstić information content (AvgIpc) is 3.09. The average molecular weight is 377 g/mol. The highest BCUT2D eigenvalue weighted by Crippen LogP contribution is 2.41. The fraction of sp³-hybridized carbons (Fsp3) is 0.136. The first kappa shape index (κ1) is 17.4. The van der Waals surface area contributed by atoms with Crippen LogP contribution in [0.3, 0.4) is 0 Å². The second-order valence-corrected chi connectivity index (χ2v) is 6.91. The second-order valence-electron chi connectivity index (χ2n) is 6.50. The van der Waals surface area contributed by atoms with Gasteiger partial charge in [0.2, 0.25) is 0 Å². The van der Waals surface area contributed by atoms with Crippen molar-refractivity contribution in [3.8, 4) is 22.4 Å². The van der Waals surface area contributed by atoms with E-state index in [1.165, 1.54) is 5.56 Å². The Morgan fingerprint density at radius 2 is 1.67 bits per heavy atom. The summed E-state index contributed by atoms with van der Waals surface area (Å²) in [4.78, 5) is 7.97. The SMILES string of the molecule is CNc1ccc(-c2[nH]c3nccc(Cl)c3c2-c2ccc(C)c(NC)c2)cc1. The molecule has 2 aromatic carbocycles. The summed E-state index contributed by atoms with van der Waals surface area (Å²) < 4.78 is 0. The molecule has 0 spiro atoms. The molecule has 0 fully saturated rings. The van der Waals surface area contributed by atoms with Crippen LogP contribution in [0.25, 0.3) is 33.4 Å². The maximum absolute atomic E-state index is 6.58. The van der Waals surface area contributed by atoms with Gasteiger partial charge in [0.25, 0.3) is 0 Å². The van der Waals surface area contributed by atoms with Gasteiger partial charge in [-0.3, -0.25) is 0 Å². The lowest BCUT2D eigenvalue weighted by Gasteiger charge is -2.11. The number of aryl methyl sites for hydroxylation is 1. The number of halogens is 1. The number of benzene rings is 2. The van der Waals surface area contributed by atoms with Crippen LogP contribution in [0.2, 0.25) is 5.02 Å². The number of aromatic amines is 1. The molecule has 4 nitrogen and oxygen atoms in total. The number of H-pyrrole nitrogens is 1. The predicted molar refractivity (Wildman–Crippen MR) is 116 cm³/mol. The summed E-state index contributed by atoms with van der Waals surface area (Å²) in [6.45, 7) is 2.09.